The summed E-state index contributed by atoms with van der Waals surface area (Å²) in [6.07, 6.45) is 13.4. The molecule has 0 fully saturated rings. The summed E-state index contributed by atoms with van der Waals surface area (Å²) in [4.78, 5) is 1.52. The number of rotatable bonds is 6. The number of hydrogen-bond acceptors (Lipinski definition) is 7. The average Bonchev–Trinajstić information content (AvgIpc) is 3.15. The van der Waals surface area contributed by atoms with Crippen LogP contribution in [0.3, 0.4) is 0 Å². The predicted octanol–water partition coefficient (Wildman–Crippen LogP) is 1.48. The SMILES string of the molecule is CN1/C(=C/C=C/C=C/C=C/C2=[N+](C)c3ccc(S(=O)(=O)[O-])cc3C2(C)C)C(C)(C)c2cc(S(=O)(=O)[O-])ccc21.[K+]. The van der Waals surface area contributed by atoms with Gasteiger partial charge in [-0.05, 0) is 55.8 Å². The number of hydrogen-bond donors (Lipinski definition) is 0. The Kier molecular flexibility index (Phi) is 9.47. The first-order chi connectivity index (χ1) is 18.0. The number of fused-ring (bicyclic) bond motifs is 2. The molecule has 2 aromatic rings. The van der Waals surface area contributed by atoms with Crippen LogP contribution in [0.2, 0.25) is 0 Å². The van der Waals surface area contributed by atoms with Crippen LogP contribution in [0.25, 0.3) is 0 Å². The smallest absolute Gasteiger partial charge is 0.744 e. The van der Waals surface area contributed by atoms with Gasteiger partial charge in [-0.2, -0.15) is 4.58 Å². The van der Waals surface area contributed by atoms with Crippen molar-refractivity contribution >= 4 is 37.3 Å². The van der Waals surface area contributed by atoms with Gasteiger partial charge in [0.1, 0.15) is 27.3 Å². The second-order valence-corrected chi connectivity index (χ2v) is 13.5. The van der Waals surface area contributed by atoms with Crippen molar-refractivity contribution < 1.29 is 81.9 Å². The largest absolute Gasteiger partial charge is 1.00 e. The van der Waals surface area contributed by atoms with Gasteiger partial charge in [-0.15, -0.1) is 0 Å². The minimum Gasteiger partial charge on any atom is -0.744 e. The van der Waals surface area contributed by atoms with Gasteiger partial charge in [0, 0.05) is 41.6 Å². The third-order valence-electron chi connectivity index (χ3n) is 7.54. The van der Waals surface area contributed by atoms with E-state index in [0.717, 1.165) is 33.9 Å². The molecule has 0 aromatic heterocycles. The Hall–Kier alpha value is -1.67. The molecule has 2 aliphatic heterocycles. The normalized spacial score (nSPS) is 19.2. The molecular formula is C29H31KN2O6S2. The summed E-state index contributed by atoms with van der Waals surface area (Å²) >= 11 is 0. The Labute approximate surface area is 279 Å². The van der Waals surface area contributed by atoms with Crippen LogP contribution in [0.15, 0.2) is 94.4 Å². The standard InChI is InChI=1S/C29H32N2O6S2.K/c1-28(2)22-18-20(38(32,33)34)14-16-24(22)30(5)26(28)12-10-8-7-9-11-13-27-29(3,4)23-19-21(39(35,36)37)15-17-25(23)31(27)6;/h7-19H,1-6H3,(H-,32,33,34,35,36,37);/q;+1/p-1. The van der Waals surface area contributed by atoms with Crippen LogP contribution in [0.5, 0.6) is 0 Å². The van der Waals surface area contributed by atoms with Gasteiger partial charge in [-0.3, -0.25) is 0 Å². The molecule has 0 atom stereocenters. The van der Waals surface area contributed by atoms with Crippen molar-refractivity contribution in [2.45, 2.75) is 48.3 Å². The molecule has 40 heavy (non-hydrogen) atoms. The van der Waals surface area contributed by atoms with Crippen molar-refractivity contribution in [2.75, 3.05) is 19.0 Å². The maximum atomic E-state index is 11.5. The van der Waals surface area contributed by atoms with Crippen molar-refractivity contribution in [1.29, 1.82) is 0 Å². The second kappa shape index (κ2) is 11.5. The van der Waals surface area contributed by atoms with Gasteiger partial charge in [-0.1, -0.05) is 44.2 Å². The van der Waals surface area contributed by atoms with E-state index in [2.05, 4.69) is 0 Å². The zero-order chi connectivity index (χ0) is 29.0. The minimum absolute atomic E-state index is 0. The molecule has 0 unspecified atom stereocenters. The summed E-state index contributed by atoms with van der Waals surface area (Å²) in [6.45, 7) is 7.94. The first kappa shape index (κ1) is 32.8. The number of allylic oxidation sites excluding steroid dienone is 8. The van der Waals surface area contributed by atoms with Crippen LogP contribution in [-0.4, -0.2) is 50.3 Å². The molecule has 0 bridgehead atoms. The van der Waals surface area contributed by atoms with E-state index in [1.807, 2.05) is 93.8 Å². The molecule has 0 spiro atoms. The van der Waals surface area contributed by atoms with E-state index in [-0.39, 0.29) is 61.2 Å². The zero-order valence-corrected chi connectivity index (χ0v) is 28.4. The van der Waals surface area contributed by atoms with E-state index in [4.69, 9.17) is 0 Å². The zero-order valence-electron chi connectivity index (χ0n) is 23.7. The molecule has 206 valence electrons. The Bertz CT molecular complexity index is 1730. The van der Waals surface area contributed by atoms with E-state index in [0.29, 0.717) is 0 Å². The molecule has 11 heteroatoms. The van der Waals surface area contributed by atoms with Crippen LogP contribution in [0, 0.1) is 0 Å². The van der Waals surface area contributed by atoms with Crippen LogP contribution < -0.4 is 56.3 Å². The number of nitrogens with zero attached hydrogens (tertiary/aromatic N) is 2. The van der Waals surface area contributed by atoms with E-state index in [1.165, 1.54) is 24.3 Å². The molecule has 0 aliphatic carbocycles. The van der Waals surface area contributed by atoms with E-state index >= 15 is 0 Å². The molecule has 0 radical (unpaired) electrons. The third-order valence-corrected chi connectivity index (χ3v) is 9.20. The maximum Gasteiger partial charge on any atom is 1.00 e. The number of anilines is 1. The molecule has 2 aliphatic rings. The number of likely N-dealkylation sites (N-methyl/N-ethyl adjacent to an activating group) is 1. The van der Waals surface area contributed by atoms with Gasteiger partial charge in [-0.25, -0.2) is 16.8 Å². The average molecular weight is 607 g/mol. The van der Waals surface area contributed by atoms with Gasteiger partial charge >= 0.3 is 51.4 Å². The van der Waals surface area contributed by atoms with Gasteiger partial charge < -0.3 is 14.0 Å². The Balaban J connectivity index is 0.00000441. The first-order valence-corrected chi connectivity index (χ1v) is 15.1. The van der Waals surface area contributed by atoms with Crippen LogP contribution >= 0.6 is 0 Å². The van der Waals surface area contributed by atoms with Gasteiger partial charge in [0.05, 0.1) is 15.2 Å². The summed E-state index contributed by atoms with van der Waals surface area (Å²) in [5.74, 6) is 0. The summed E-state index contributed by atoms with van der Waals surface area (Å²) in [7, 11) is -5.27. The van der Waals surface area contributed by atoms with Crippen molar-refractivity contribution in [3.8, 4) is 0 Å². The van der Waals surface area contributed by atoms with Crippen LogP contribution in [0.1, 0.15) is 38.8 Å². The fourth-order valence-electron chi connectivity index (χ4n) is 5.43. The van der Waals surface area contributed by atoms with E-state index in [9.17, 15) is 25.9 Å². The Morgan fingerprint density at radius 1 is 0.775 bits per heavy atom. The fraction of sp³-hybridized carbons (Fsp3) is 0.276. The quantitative estimate of drug-likeness (QED) is 0.211. The second-order valence-electron chi connectivity index (χ2n) is 10.7. The van der Waals surface area contributed by atoms with Crippen molar-refractivity contribution in [3.63, 3.8) is 0 Å². The summed E-state index contributed by atoms with van der Waals surface area (Å²) in [6, 6.07) is 8.92. The molecule has 0 N–H and O–H groups in total. The monoisotopic (exact) mass is 606 g/mol. The van der Waals surface area contributed by atoms with E-state index in [1.54, 1.807) is 12.1 Å². The molecule has 0 saturated heterocycles. The number of benzene rings is 2. The molecule has 0 saturated carbocycles. The Morgan fingerprint density at radius 2 is 1.30 bits per heavy atom. The van der Waals surface area contributed by atoms with Crippen molar-refractivity contribution in [2.24, 2.45) is 0 Å². The van der Waals surface area contributed by atoms with Gasteiger partial charge in [0.15, 0.2) is 5.71 Å². The first-order valence-electron chi connectivity index (χ1n) is 12.3. The molecule has 4 rings (SSSR count). The molecule has 2 heterocycles. The summed E-state index contributed by atoms with van der Waals surface area (Å²) < 4.78 is 71.0. The fourth-order valence-corrected chi connectivity index (χ4v) is 6.42. The molecule has 0 amide bonds. The molecular weight excluding hydrogens is 576 g/mol. The van der Waals surface area contributed by atoms with Crippen LogP contribution in [-0.2, 0) is 31.1 Å². The minimum atomic E-state index is -4.54. The Morgan fingerprint density at radius 3 is 1.90 bits per heavy atom. The third kappa shape index (κ3) is 6.08. The summed E-state index contributed by atoms with van der Waals surface area (Å²) in [5.41, 5.74) is 4.20. The van der Waals surface area contributed by atoms with Crippen LogP contribution in [0.4, 0.5) is 11.4 Å². The summed E-state index contributed by atoms with van der Waals surface area (Å²) in [5, 5.41) is 0. The van der Waals surface area contributed by atoms with E-state index < -0.39 is 31.1 Å². The predicted molar refractivity (Wildman–Crippen MR) is 150 cm³/mol. The molecule has 8 nitrogen and oxygen atoms in total. The van der Waals surface area contributed by atoms with Crippen molar-refractivity contribution in [3.05, 3.63) is 95.8 Å². The van der Waals surface area contributed by atoms with Crippen molar-refractivity contribution in [1.82, 2.24) is 0 Å². The van der Waals surface area contributed by atoms with Gasteiger partial charge in [0.25, 0.3) is 0 Å². The maximum absolute atomic E-state index is 11.5. The molecule has 2 aromatic carbocycles. The van der Waals surface area contributed by atoms with Gasteiger partial charge in [0.2, 0.25) is 5.69 Å². The topological polar surface area (TPSA) is 121 Å².